The lowest BCUT2D eigenvalue weighted by Crippen LogP contribution is -2.35. The van der Waals surface area contributed by atoms with Gasteiger partial charge in [-0.15, -0.1) is 0 Å². The first kappa shape index (κ1) is 37.2. The summed E-state index contributed by atoms with van der Waals surface area (Å²) in [5.41, 5.74) is 0. The molecule has 3 aliphatic rings. The van der Waals surface area contributed by atoms with Crippen molar-refractivity contribution in [2.45, 2.75) is 25.7 Å². The molecule has 0 N–H and O–H groups in total. The van der Waals surface area contributed by atoms with Gasteiger partial charge >= 0.3 is 30.0 Å². The summed E-state index contributed by atoms with van der Waals surface area (Å²) in [5.74, 6) is -2.26. The zero-order chi connectivity index (χ0) is 33.3. The largest absolute Gasteiger partial charge is 0.464 e. The Morgan fingerprint density at radius 2 is 1.04 bits per heavy atom. The molecule has 0 saturated carbocycles. The predicted molar refractivity (Wildman–Crippen MR) is 161 cm³/mol. The van der Waals surface area contributed by atoms with Crippen LogP contribution < -0.4 is 0 Å². The highest BCUT2D eigenvalue weighted by molar-refractivity contribution is 5.78. The molecule has 4 amide bonds. The lowest BCUT2D eigenvalue weighted by molar-refractivity contribution is -0.151. The van der Waals surface area contributed by atoms with Crippen molar-refractivity contribution in [2.75, 3.05) is 127 Å². The highest BCUT2D eigenvalue weighted by atomic mass is 16.5. The van der Waals surface area contributed by atoms with Crippen molar-refractivity contribution in [1.82, 2.24) is 29.4 Å². The molecule has 3 rings (SSSR count). The Bertz CT molecular complexity index is 1000. The third kappa shape index (κ3) is 12.2. The summed E-state index contributed by atoms with van der Waals surface area (Å²) in [7, 11) is 4.68. The van der Waals surface area contributed by atoms with Crippen LogP contribution in [0.2, 0.25) is 0 Å². The SMILES string of the molecule is COCN1CCN(CCOC(=O)CCC(CCC(=O)OCCN2CCN(COC)C2=O)C(=O)OCCN2CCN(COC)C2=O)C1. The van der Waals surface area contributed by atoms with Gasteiger partial charge in [-0.25, -0.2) is 9.59 Å². The Morgan fingerprint density at radius 3 is 1.57 bits per heavy atom. The normalized spacial score (nSPS) is 18.2. The van der Waals surface area contributed by atoms with Crippen molar-refractivity contribution < 1.29 is 52.4 Å². The van der Waals surface area contributed by atoms with Gasteiger partial charge in [0.2, 0.25) is 0 Å². The van der Waals surface area contributed by atoms with E-state index in [1.165, 1.54) is 14.2 Å². The van der Waals surface area contributed by atoms with E-state index >= 15 is 0 Å². The molecule has 0 aromatic rings. The standard InChI is InChI=1S/C29H50N6O11/c1-41-21-31-9-8-30(20-31)14-17-44-25(36)6-4-24(27(38)46-19-16-33-11-13-35(23-43-3)29(33)40)5-7-26(37)45-18-15-32-10-12-34(22-42-2)28(32)39/h24H,4-23H2,1-3H3. The van der Waals surface area contributed by atoms with Crippen molar-refractivity contribution in [3.8, 4) is 0 Å². The zero-order valence-corrected chi connectivity index (χ0v) is 27.4. The molecule has 0 aromatic heterocycles. The monoisotopic (exact) mass is 658 g/mol. The van der Waals surface area contributed by atoms with Crippen molar-refractivity contribution in [2.24, 2.45) is 5.92 Å². The van der Waals surface area contributed by atoms with Gasteiger partial charge in [0, 0.05) is 80.0 Å². The molecule has 3 saturated heterocycles. The molecule has 1 atom stereocenters. The van der Waals surface area contributed by atoms with Crippen molar-refractivity contribution in [3.63, 3.8) is 0 Å². The maximum atomic E-state index is 13.0. The van der Waals surface area contributed by atoms with E-state index in [9.17, 15) is 24.0 Å². The topological polar surface area (TPSA) is 160 Å². The predicted octanol–water partition coefficient (Wildman–Crippen LogP) is -0.345. The minimum absolute atomic E-state index is 0.0172. The summed E-state index contributed by atoms with van der Waals surface area (Å²) < 4.78 is 31.4. The fourth-order valence-electron chi connectivity index (χ4n) is 5.45. The smallest absolute Gasteiger partial charge is 0.322 e. The molecule has 3 fully saturated rings. The minimum Gasteiger partial charge on any atom is -0.464 e. The van der Waals surface area contributed by atoms with Crippen LogP contribution >= 0.6 is 0 Å². The van der Waals surface area contributed by atoms with Gasteiger partial charge in [0.25, 0.3) is 0 Å². The number of carbonyl (C=O) groups is 5. The number of methoxy groups -OCH3 is 3. The van der Waals surface area contributed by atoms with E-state index in [-0.39, 0.29) is 84.1 Å². The van der Waals surface area contributed by atoms with E-state index in [0.29, 0.717) is 39.5 Å². The van der Waals surface area contributed by atoms with Crippen LogP contribution in [-0.4, -0.2) is 186 Å². The summed E-state index contributed by atoms with van der Waals surface area (Å²) in [6.07, 6.45) is 0.166. The molecule has 3 aliphatic heterocycles. The molecular weight excluding hydrogens is 608 g/mol. The number of hydrogen-bond acceptors (Lipinski definition) is 13. The molecule has 1 unspecified atom stereocenters. The van der Waals surface area contributed by atoms with E-state index in [4.69, 9.17) is 28.4 Å². The van der Waals surface area contributed by atoms with E-state index in [1.54, 1.807) is 26.7 Å². The number of ether oxygens (including phenoxy) is 6. The van der Waals surface area contributed by atoms with E-state index in [0.717, 1.165) is 19.8 Å². The number of nitrogens with zero attached hydrogens (tertiary/aromatic N) is 6. The first-order valence-electron chi connectivity index (χ1n) is 15.7. The number of rotatable bonds is 22. The molecule has 0 aliphatic carbocycles. The Balaban J connectivity index is 1.41. The van der Waals surface area contributed by atoms with Gasteiger partial charge < -0.3 is 38.2 Å². The van der Waals surface area contributed by atoms with Gasteiger partial charge in [0.05, 0.1) is 32.4 Å². The first-order chi connectivity index (χ1) is 22.2. The van der Waals surface area contributed by atoms with Gasteiger partial charge in [-0.1, -0.05) is 0 Å². The van der Waals surface area contributed by atoms with Gasteiger partial charge in [-0.05, 0) is 12.8 Å². The zero-order valence-electron chi connectivity index (χ0n) is 27.4. The first-order valence-corrected chi connectivity index (χ1v) is 15.7. The summed E-state index contributed by atoms with van der Waals surface area (Å²) in [4.78, 5) is 73.3. The Hall–Kier alpha value is -3.25. The lowest BCUT2D eigenvalue weighted by atomic mass is 9.97. The maximum absolute atomic E-state index is 13.0. The summed E-state index contributed by atoms with van der Waals surface area (Å²) in [6, 6.07) is -0.370. The molecule has 0 aromatic carbocycles. The fraction of sp³-hybridized carbons (Fsp3) is 0.828. The van der Waals surface area contributed by atoms with E-state index < -0.39 is 23.8 Å². The highest BCUT2D eigenvalue weighted by Gasteiger charge is 2.30. The Morgan fingerprint density at radius 1 is 0.587 bits per heavy atom. The van der Waals surface area contributed by atoms with Crippen LogP contribution in [0, 0.1) is 5.92 Å². The third-order valence-corrected chi connectivity index (χ3v) is 8.00. The number of hydrogen-bond donors (Lipinski definition) is 0. The summed E-state index contributed by atoms with van der Waals surface area (Å²) in [5, 5.41) is 0. The maximum Gasteiger partial charge on any atom is 0.322 e. The van der Waals surface area contributed by atoms with Crippen molar-refractivity contribution in [3.05, 3.63) is 0 Å². The van der Waals surface area contributed by atoms with Crippen molar-refractivity contribution >= 4 is 30.0 Å². The molecule has 0 spiro atoms. The van der Waals surface area contributed by atoms with Gasteiger partial charge in [-0.3, -0.25) is 34.0 Å². The number of amides is 4. The molecule has 0 radical (unpaired) electrons. The summed E-state index contributed by atoms with van der Waals surface area (Å²) >= 11 is 0. The Labute approximate surface area is 270 Å². The second kappa shape index (κ2) is 20.1. The van der Waals surface area contributed by atoms with Crippen LogP contribution in [0.25, 0.3) is 0 Å². The molecule has 17 heteroatoms. The molecule has 3 heterocycles. The number of carbonyl (C=O) groups excluding carboxylic acids is 5. The van der Waals surface area contributed by atoms with Gasteiger partial charge in [0.15, 0.2) is 0 Å². The second-order valence-corrected chi connectivity index (χ2v) is 11.4. The molecule has 46 heavy (non-hydrogen) atoms. The second-order valence-electron chi connectivity index (χ2n) is 11.4. The summed E-state index contributed by atoms with van der Waals surface area (Å²) in [6.45, 7) is 6.79. The van der Waals surface area contributed by atoms with Crippen LogP contribution in [-0.2, 0) is 42.8 Å². The Kier molecular flexibility index (Phi) is 16.2. The van der Waals surface area contributed by atoms with Crippen LogP contribution in [0.4, 0.5) is 9.59 Å². The molecular formula is C29H50N6O11. The molecule has 262 valence electrons. The highest BCUT2D eigenvalue weighted by Crippen LogP contribution is 2.18. The minimum atomic E-state index is -0.747. The average Bonchev–Trinajstić information content (AvgIpc) is 3.73. The van der Waals surface area contributed by atoms with Crippen LogP contribution in [0.1, 0.15) is 25.7 Å². The molecule has 17 nitrogen and oxygen atoms in total. The lowest BCUT2D eigenvalue weighted by Gasteiger charge is -2.20. The number of esters is 3. The van der Waals surface area contributed by atoms with Crippen LogP contribution in [0.15, 0.2) is 0 Å². The quantitative estimate of drug-likeness (QED) is 0.110. The average molecular weight is 659 g/mol. The van der Waals surface area contributed by atoms with Gasteiger partial charge in [-0.2, -0.15) is 0 Å². The van der Waals surface area contributed by atoms with Crippen LogP contribution in [0.5, 0.6) is 0 Å². The van der Waals surface area contributed by atoms with E-state index in [1.807, 2.05) is 0 Å². The third-order valence-electron chi connectivity index (χ3n) is 8.00. The van der Waals surface area contributed by atoms with Gasteiger partial charge in [0.1, 0.15) is 33.3 Å². The number of urea groups is 2. The molecule has 0 bridgehead atoms. The van der Waals surface area contributed by atoms with Crippen molar-refractivity contribution in [1.29, 1.82) is 0 Å². The van der Waals surface area contributed by atoms with Crippen LogP contribution in [0.3, 0.4) is 0 Å². The fourth-order valence-corrected chi connectivity index (χ4v) is 5.45. The van der Waals surface area contributed by atoms with E-state index in [2.05, 4.69) is 9.80 Å².